The molecule has 2 atom stereocenters. The highest BCUT2D eigenvalue weighted by atomic mass is 16.6. The van der Waals surface area contributed by atoms with Crippen molar-refractivity contribution < 1.29 is 28.4 Å². The second-order valence-electron chi connectivity index (χ2n) is 8.39. The predicted molar refractivity (Wildman–Crippen MR) is 111 cm³/mol. The largest absolute Gasteiger partial charge is 0.443 e. The van der Waals surface area contributed by atoms with Crippen molar-refractivity contribution in [3.63, 3.8) is 0 Å². The summed E-state index contributed by atoms with van der Waals surface area (Å²) in [7, 11) is 0. The normalized spacial score (nSPS) is 30.5. The number of nitrogens with zero attached hydrogens (tertiary/aromatic N) is 2. The molecule has 0 bridgehead atoms. The Morgan fingerprint density at radius 2 is 1.10 bits per heavy atom. The van der Waals surface area contributed by atoms with Crippen LogP contribution in [0.1, 0.15) is 13.8 Å². The first-order chi connectivity index (χ1) is 14.6. The molecule has 3 heterocycles. The molecule has 3 aliphatic heterocycles. The number of rotatable bonds is 6. The molecule has 168 valence electrons. The van der Waals surface area contributed by atoms with E-state index >= 15 is 0 Å². The molecule has 3 saturated heterocycles. The molecule has 0 aliphatic carbocycles. The molecule has 0 aromatic heterocycles. The molecular formula is C22H34N2O6. The molecule has 8 heteroatoms. The Balaban J connectivity index is 1.29. The summed E-state index contributed by atoms with van der Waals surface area (Å²) < 4.78 is 33.7. The summed E-state index contributed by atoms with van der Waals surface area (Å²) in [6.07, 6.45) is 5.56. The van der Waals surface area contributed by atoms with Crippen molar-refractivity contribution in [2.45, 2.75) is 25.0 Å². The summed E-state index contributed by atoms with van der Waals surface area (Å²) >= 11 is 0. The first-order valence-electron chi connectivity index (χ1n) is 10.6. The topological polar surface area (TPSA) is 61.9 Å². The standard InChI is InChI=1S/C22H34N2O6/c1-21(17-27-11-3-5-23-7-13-25-14-8-23)19-30-22(2,20-29-21)18-28-12-4-6-24-9-15-26-16-10-24/h5-10,13-20H2,1-2H3. The Hall–Kier alpha value is -1.52. The van der Waals surface area contributed by atoms with Gasteiger partial charge in [0.15, 0.2) is 0 Å². The van der Waals surface area contributed by atoms with E-state index < -0.39 is 11.2 Å². The van der Waals surface area contributed by atoms with E-state index in [4.69, 9.17) is 28.4 Å². The fourth-order valence-corrected chi connectivity index (χ4v) is 3.19. The van der Waals surface area contributed by atoms with E-state index in [0.717, 1.165) is 52.6 Å². The minimum atomic E-state index is -0.519. The Morgan fingerprint density at radius 3 is 1.47 bits per heavy atom. The summed E-state index contributed by atoms with van der Waals surface area (Å²) in [6.45, 7) is 13.6. The Labute approximate surface area is 180 Å². The Morgan fingerprint density at radius 1 is 0.700 bits per heavy atom. The third-order valence-electron chi connectivity index (χ3n) is 5.31. The van der Waals surface area contributed by atoms with Crippen LogP contribution in [-0.2, 0) is 28.4 Å². The van der Waals surface area contributed by atoms with Crippen LogP contribution in [0, 0.1) is 24.1 Å². The maximum atomic E-state index is 6.03. The van der Waals surface area contributed by atoms with Crippen LogP contribution in [0.5, 0.6) is 0 Å². The third-order valence-corrected chi connectivity index (χ3v) is 5.31. The maximum absolute atomic E-state index is 6.03. The van der Waals surface area contributed by atoms with Gasteiger partial charge in [-0.15, -0.1) is 0 Å². The second kappa shape index (κ2) is 11.8. The van der Waals surface area contributed by atoms with Gasteiger partial charge in [0.1, 0.15) is 36.6 Å². The van der Waals surface area contributed by atoms with Gasteiger partial charge in [-0.3, -0.25) is 9.80 Å². The number of morpholine rings is 2. The second-order valence-corrected chi connectivity index (χ2v) is 8.39. The molecule has 0 N–H and O–H groups in total. The summed E-state index contributed by atoms with van der Waals surface area (Å²) in [5.74, 6) is 6.10. The lowest BCUT2D eigenvalue weighted by Crippen LogP contribution is -2.54. The van der Waals surface area contributed by atoms with Crippen LogP contribution >= 0.6 is 0 Å². The van der Waals surface area contributed by atoms with Crippen molar-refractivity contribution in [2.75, 3.05) is 92.1 Å². The molecule has 8 nitrogen and oxygen atoms in total. The zero-order valence-corrected chi connectivity index (χ0v) is 18.2. The molecular weight excluding hydrogens is 388 g/mol. The monoisotopic (exact) mass is 422 g/mol. The van der Waals surface area contributed by atoms with Crippen LogP contribution in [-0.4, -0.2) is 113 Å². The zero-order valence-electron chi connectivity index (χ0n) is 18.2. The van der Waals surface area contributed by atoms with E-state index in [1.54, 1.807) is 0 Å². The summed E-state index contributed by atoms with van der Waals surface area (Å²) in [6, 6.07) is 0. The van der Waals surface area contributed by atoms with Gasteiger partial charge in [0.2, 0.25) is 0 Å². The molecule has 0 radical (unpaired) electrons. The molecule has 0 amide bonds. The average molecular weight is 423 g/mol. The van der Waals surface area contributed by atoms with Gasteiger partial charge in [0.05, 0.1) is 52.7 Å². The van der Waals surface area contributed by atoms with Crippen LogP contribution in [0.3, 0.4) is 0 Å². The first-order valence-corrected chi connectivity index (χ1v) is 10.6. The van der Waals surface area contributed by atoms with Crippen molar-refractivity contribution in [1.82, 2.24) is 9.80 Å². The van der Waals surface area contributed by atoms with E-state index in [9.17, 15) is 0 Å². The molecule has 3 rings (SSSR count). The SMILES string of the molecule is CC1(COC#CCN2CCOCC2)COC(C)(COC#CCN2CCOCC2)CO1. The average Bonchev–Trinajstić information content (AvgIpc) is 2.77. The van der Waals surface area contributed by atoms with Gasteiger partial charge < -0.3 is 28.4 Å². The van der Waals surface area contributed by atoms with Gasteiger partial charge in [-0.1, -0.05) is 0 Å². The predicted octanol–water partition coefficient (Wildman–Crippen LogP) is 0.170. The van der Waals surface area contributed by atoms with Crippen LogP contribution in [0.15, 0.2) is 0 Å². The van der Waals surface area contributed by atoms with Gasteiger partial charge >= 0.3 is 0 Å². The van der Waals surface area contributed by atoms with Crippen molar-refractivity contribution in [1.29, 1.82) is 0 Å². The molecule has 30 heavy (non-hydrogen) atoms. The highest BCUT2D eigenvalue weighted by Crippen LogP contribution is 2.26. The van der Waals surface area contributed by atoms with E-state index in [1.807, 2.05) is 13.8 Å². The van der Waals surface area contributed by atoms with Crippen LogP contribution in [0.25, 0.3) is 0 Å². The molecule has 0 saturated carbocycles. The number of hydrogen-bond donors (Lipinski definition) is 0. The molecule has 0 aromatic carbocycles. The quantitative estimate of drug-likeness (QED) is 0.562. The van der Waals surface area contributed by atoms with Gasteiger partial charge in [0.25, 0.3) is 0 Å². The Kier molecular flexibility index (Phi) is 9.07. The molecule has 0 aromatic rings. The highest BCUT2D eigenvalue weighted by molar-refractivity contribution is 4.98. The zero-order chi connectivity index (χ0) is 21.1. The van der Waals surface area contributed by atoms with E-state index in [0.29, 0.717) is 39.5 Å². The fourth-order valence-electron chi connectivity index (χ4n) is 3.19. The lowest BCUT2D eigenvalue weighted by molar-refractivity contribution is -0.241. The smallest absolute Gasteiger partial charge is 0.131 e. The molecule has 3 aliphatic rings. The van der Waals surface area contributed by atoms with E-state index in [2.05, 4.69) is 33.9 Å². The van der Waals surface area contributed by atoms with E-state index in [1.165, 1.54) is 0 Å². The molecule has 3 fully saturated rings. The third kappa shape index (κ3) is 7.96. The van der Waals surface area contributed by atoms with Crippen LogP contribution in [0.2, 0.25) is 0 Å². The minimum Gasteiger partial charge on any atom is -0.443 e. The summed E-state index contributed by atoms with van der Waals surface area (Å²) in [5.41, 5.74) is -1.04. The lowest BCUT2D eigenvalue weighted by atomic mass is 10.0. The fraction of sp³-hybridized carbons (Fsp3) is 0.818. The minimum absolute atomic E-state index is 0.361. The maximum Gasteiger partial charge on any atom is 0.131 e. The van der Waals surface area contributed by atoms with Crippen molar-refractivity contribution in [3.8, 4) is 24.1 Å². The summed E-state index contributed by atoms with van der Waals surface area (Å²) in [5, 5.41) is 0. The van der Waals surface area contributed by atoms with Crippen LogP contribution < -0.4 is 0 Å². The highest BCUT2D eigenvalue weighted by Gasteiger charge is 2.40. The number of ether oxygens (including phenoxy) is 6. The first kappa shape index (κ1) is 23.1. The lowest BCUT2D eigenvalue weighted by Gasteiger charge is -2.41. The Bertz CT molecular complexity index is 573. The molecule has 2 unspecified atom stereocenters. The summed E-state index contributed by atoms with van der Waals surface area (Å²) in [4.78, 5) is 4.49. The van der Waals surface area contributed by atoms with Crippen molar-refractivity contribution in [2.24, 2.45) is 0 Å². The van der Waals surface area contributed by atoms with Gasteiger partial charge in [-0.05, 0) is 25.7 Å². The van der Waals surface area contributed by atoms with Gasteiger partial charge in [-0.2, -0.15) is 0 Å². The van der Waals surface area contributed by atoms with Crippen LogP contribution in [0.4, 0.5) is 0 Å². The molecule has 0 spiro atoms. The van der Waals surface area contributed by atoms with Gasteiger partial charge in [-0.25, -0.2) is 0 Å². The number of hydrogen-bond acceptors (Lipinski definition) is 8. The van der Waals surface area contributed by atoms with E-state index in [-0.39, 0.29) is 0 Å². The van der Waals surface area contributed by atoms with Crippen molar-refractivity contribution in [3.05, 3.63) is 0 Å². The van der Waals surface area contributed by atoms with Gasteiger partial charge in [0, 0.05) is 26.2 Å². The van der Waals surface area contributed by atoms with Crippen molar-refractivity contribution >= 4 is 0 Å².